The number of nitrogens with one attached hydrogen (secondary N) is 1. The normalized spacial score (nSPS) is 17.0. The fraction of sp³-hybridized carbons (Fsp3) is 0.286. The number of hydrogen-bond acceptors (Lipinski definition) is 4. The first-order valence-electron chi connectivity index (χ1n) is 9.21. The number of rotatable bonds is 7. The minimum atomic E-state index is -0.600. The van der Waals surface area contributed by atoms with Gasteiger partial charge in [-0.2, -0.15) is 0 Å². The highest BCUT2D eigenvalue weighted by Crippen LogP contribution is 2.29. The molecular formula is C21H22ClN3O4. The monoisotopic (exact) mass is 415 g/mol. The highest BCUT2D eigenvalue weighted by molar-refractivity contribution is 6.30. The molecule has 8 heteroatoms. The Morgan fingerprint density at radius 3 is 2.66 bits per heavy atom. The lowest BCUT2D eigenvalue weighted by atomic mass is 10.0. The van der Waals surface area contributed by atoms with Gasteiger partial charge in [-0.1, -0.05) is 35.9 Å². The lowest BCUT2D eigenvalue weighted by Gasteiger charge is -2.22. The number of primary amides is 1. The SMILES string of the molecule is CC(Cc1ccc(C(=O)NCC(N)=O)cc1)N1CC(c2cccc(Cl)c2)OC1=O. The Morgan fingerprint density at radius 1 is 1.28 bits per heavy atom. The topological polar surface area (TPSA) is 102 Å². The summed E-state index contributed by atoms with van der Waals surface area (Å²) in [7, 11) is 0. The van der Waals surface area contributed by atoms with Crippen LogP contribution in [0.4, 0.5) is 4.79 Å². The van der Waals surface area contributed by atoms with Gasteiger partial charge in [0.2, 0.25) is 5.91 Å². The minimum absolute atomic E-state index is 0.0822. The Bertz CT molecular complexity index is 916. The molecular weight excluding hydrogens is 394 g/mol. The molecule has 0 aromatic heterocycles. The van der Waals surface area contributed by atoms with Crippen LogP contribution in [-0.4, -0.2) is 41.9 Å². The largest absolute Gasteiger partial charge is 0.439 e. The van der Waals surface area contributed by atoms with E-state index in [9.17, 15) is 14.4 Å². The van der Waals surface area contributed by atoms with Gasteiger partial charge < -0.3 is 20.7 Å². The van der Waals surface area contributed by atoms with E-state index in [1.165, 1.54) is 0 Å². The number of halogens is 1. The van der Waals surface area contributed by atoms with Crippen molar-refractivity contribution in [3.63, 3.8) is 0 Å². The fourth-order valence-corrected chi connectivity index (χ4v) is 3.43. The second kappa shape index (κ2) is 8.96. The third kappa shape index (κ3) is 5.26. The van der Waals surface area contributed by atoms with Crippen LogP contribution in [0.5, 0.6) is 0 Å². The van der Waals surface area contributed by atoms with Crippen molar-refractivity contribution in [2.45, 2.75) is 25.5 Å². The van der Waals surface area contributed by atoms with Crippen LogP contribution in [-0.2, 0) is 16.0 Å². The first kappa shape index (κ1) is 20.7. The van der Waals surface area contributed by atoms with E-state index in [0.717, 1.165) is 11.1 Å². The van der Waals surface area contributed by atoms with E-state index >= 15 is 0 Å². The smallest absolute Gasteiger partial charge is 0.410 e. The van der Waals surface area contributed by atoms with Crippen LogP contribution in [0.2, 0.25) is 5.02 Å². The molecule has 1 heterocycles. The van der Waals surface area contributed by atoms with Crippen molar-refractivity contribution in [2.24, 2.45) is 5.73 Å². The molecule has 2 atom stereocenters. The molecule has 2 aromatic carbocycles. The highest BCUT2D eigenvalue weighted by atomic mass is 35.5. The molecule has 152 valence electrons. The van der Waals surface area contributed by atoms with E-state index in [4.69, 9.17) is 22.1 Å². The minimum Gasteiger partial charge on any atom is -0.439 e. The van der Waals surface area contributed by atoms with Crippen molar-refractivity contribution < 1.29 is 19.1 Å². The van der Waals surface area contributed by atoms with Crippen molar-refractivity contribution in [1.29, 1.82) is 0 Å². The number of carbonyl (C=O) groups excluding carboxylic acids is 3. The third-order valence-corrected chi connectivity index (χ3v) is 5.00. The molecule has 3 N–H and O–H groups in total. The van der Waals surface area contributed by atoms with Crippen LogP contribution in [0.3, 0.4) is 0 Å². The average Bonchev–Trinajstić information content (AvgIpc) is 3.08. The third-order valence-electron chi connectivity index (χ3n) is 4.76. The number of ether oxygens (including phenoxy) is 1. The van der Waals surface area contributed by atoms with Crippen LogP contribution in [0.25, 0.3) is 0 Å². The molecule has 29 heavy (non-hydrogen) atoms. The maximum absolute atomic E-state index is 12.3. The Kier molecular flexibility index (Phi) is 6.39. The lowest BCUT2D eigenvalue weighted by molar-refractivity contribution is -0.117. The quantitative estimate of drug-likeness (QED) is 0.725. The maximum Gasteiger partial charge on any atom is 0.410 e. The number of hydrogen-bond donors (Lipinski definition) is 2. The molecule has 7 nitrogen and oxygen atoms in total. The number of nitrogens with zero attached hydrogens (tertiary/aromatic N) is 1. The van der Waals surface area contributed by atoms with Gasteiger partial charge >= 0.3 is 6.09 Å². The van der Waals surface area contributed by atoms with E-state index in [2.05, 4.69) is 5.32 Å². The molecule has 2 aromatic rings. The predicted octanol–water partition coefficient (Wildman–Crippen LogP) is 2.68. The Morgan fingerprint density at radius 2 is 2.00 bits per heavy atom. The number of carbonyl (C=O) groups is 3. The average molecular weight is 416 g/mol. The van der Waals surface area contributed by atoms with Crippen molar-refractivity contribution in [1.82, 2.24) is 10.2 Å². The van der Waals surface area contributed by atoms with Gasteiger partial charge in [-0.15, -0.1) is 0 Å². The number of amides is 3. The van der Waals surface area contributed by atoms with Crippen LogP contribution in [0.15, 0.2) is 48.5 Å². The second-order valence-electron chi connectivity index (χ2n) is 6.98. The molecule has 2 unspecified atom stereocenters. The van der Waals surface area contributed by atoms with Gasteiger partial charge in [0.15, 0.2) is 0 Å². The van der Waals surface area contributed by atoms with Crippen molar-refractivity contribution in [2.75, 3.05) is 13.1 Å². The number of benzene rings is 2. The first-order chi connectivity index (χ1) is 13.8. The van der Waals surface area contributed by atoms with Crippen molar-refractivity contribution >= 4 is 29.5 Å². The lowest BCUT2D eigenvalue weighted by Crippen LogP contribution is -2.35. The molecule has 1 fully saturated rings. The molecule has 1 aliphatic heterocycles. The molecule has 1 saturated heterocycles. The Hall–Kier alpha value is -3.06. The molecule has 0 spiro atoms. The maximum atomic E-state index is 12.3. The van der Waals surface area contributed by atoms with Gasteiger partial charge in [-0.25, -0.2) is 4.79 Å². The Labute approximate surface area is 173 Å². The number of nitrogens with two attached hydrogens (primary N) is 1. The van der Waals surface area contributed by atoms with Gasteiger partial charge in [0, 0.05) is 16.6 Å². The molecule has 0 radical (unpaired) electrons. The fourth-order valence-electron chi connectivity index (χ4n) is 3.23. The summed E-state index contributed by atoms with van der Waals surface area (Å²) in [5.41, 5.74) is 7.30. The van der Waals surface area contributed by atoms with Gasteiger partial charge in [-0.3, -0.25) is 9.59 Å². The zero-order valence-corrected chi connectivity index (χ0v) is 16.7. The Balaban J connectivity index is 1.60. The first-order valence-corrected chi connectivity index (χ1v) is 9.59. The predicted molar refractivity (Wildman–Crippen MR) is 109 cm³/mol. The van der Waals surface area contributed by atoms with E-state index in [1.807, 2.05) is 31.2 Å². The van der Waals surface area contributed by atoms with E-state index in [-0.39, 0.29) is 30.7 Å². The molecule has 3 amide bonds. The van der Waals surface area contributed by atoms with E-state index < -0.39 is 5.91 Å². The summed E-state index contributed by atoms with van der Waals surface area (Å²) in [6.07, 6.45) is -0.0921. The zero-order valence-electron chi connectivity index (χ0n) is 15.9. The molecule has 1 aliphatic rings. The van der Waals surface area contributed by atoms with Gasteiger partial charge in [0.1, 0.15) is 6.10 Å². The van der Waals surface area contributed by atoms with Gasteiger partial charge in [-0.05, 0) is 48.7 Å². The summed E-state index contributed by atoms with van der Waals surface area (Å²) in [6, 6.07) is 14.2. The molecule has 0 aliphatic carbocycles. The summed E-state index contributed by atoms with van der Waals surface area (Å²) < 4.78 is 5.51. The summed E-state index contributed by atoms with van der Waals surface area (Å²) in [5, 5.41) is 3.04. The summed E-state index contributed by atoms with van der Waals surface area (Å²) in [4.78, 5) is 36.7. The van der Waals surface area contributed by atoms with E-state index in [0.29, 0.717) is 23.6 Å². The molecule has 0 bridgehead atoms. The highest BCUT2D eigenvalue weighted by Gasteiger charge is 2.35. The van der Waals surface area contributed by atoms with Crippen LogP contribution >= 0.6 is 11.6 Å². The van der Waals surface area contributed by atoms with Crippen LogP contribution in [0, 0.1) is 0 Å². The van der Waals surface area contributed by atoms with Crippen LogP contribution < -0.4 is 11.1 Å². The summed E-state index contributed by atoms with van der Waals surface area (Å²) in [5.74, 6) is -0.965. The van der Waals surface area contributed by atoms with Gasteiger partial charge in [0.25, 0.3) is 5.91 Å². The molecule has 0 saturated carbocycles. The second-order valence-corrected chi connectivity index (χ2v) is 7.42. The summed E-state index contributed by atoms with van der Waals surface area (Å²) >= 11 is 6.03. The van der Waals surface area contributed by atoms with Crippen molar-refractivity contribution in [3.8, 4) is 0 Å². The number of cyclic esters (lactones) is 1. The molecule has 3 rings (SSSR count). The van der Waals surface area contributed by atoms with E-state index in [1.54, 1.807) is 29.2 Å². The van der Waals surface area contributed by atoms with Crippen LogP contribution in [0.1, 0.15) is 34.5 Å². The standard InChI is InChI=1S/C21H22ClN3O4/c1-13(9-14-5-7-15(8-6-14)20(27)24-11-19(23)26)25-12-18(29-21(25)28)16-3-2-4-17(22)10-16/h2-8,10,13,18H,9,11-12H2,1H3,(H2,23,26)(H,24,27). The van der Waals surface area contributed by atoms with Crippen molar-refractivity contribution in [3.05, 3.63) is 70.2 Å². The zero-order chi connectivity index (χ0) is 21.0. The summed E-state index contributed by atoms with van der Waals surface area (Å²) in [6.45, 7) is 2.20. The van der Waals surface area contributed by atoms with Gasteiger partial charge in [0.05, 0.1) is 13.1 Å².